The van der Waals surface area contributed by atoms with Gasteiger partial charge in [-0.25, -0.2) is 13.2 Å². The lowest BCUT2D eigenvalue weighted by molar-refractivity contribution is 0.423. The molecule has 1 heterocycles. The summed E-state index contributed by atoms with van der Waals surface area (Å²) in [6.07, 6.45) is 0. The van der Waals surface area contributed by atoms with Crippen LogP contribution in [0.3, 0.4) is 0 Å². The highest BCUT2D eigenvalue weighted by molar-refractivity contribution is 6.42. The topological polar surface area (TPSA) is 26.0 Å². The smallest absolute Gasteiger partial charge is 0.245 e. The molecule has 16 heavy (non-hydrogen) atoms. The Hall–Kier alpha value is -1.20. The van der Waals surface area contributed by atoms with Crippen LogP contribution in [0, 0.1) is 17.5 Å². The maximum Gasteiger partial charge on any atom is 0.245 e. The zero-order valence-corrected chi connectivity index (χ0v) is 8.91. The Morgan fingerprint density at radius 3 is 2.06 bits per heavy atom. The van der Waals surface area contributed by atoms with Crippen molar-refractivity contribution in [3.8, 4) is 11.3 Å². The summed E-state index contributed by atoms with van der Waals surface area (Å²) in [6.45, 7) is 0. The molecule has 0 atom stereocenters. The molecule has 0 fully saturated rings. The van der Waals surface area contributed by atoms with Gasteiger partial charge in [0.25, 0.3) is 0 Å². The monoisotopic (exact) mass is 267 g/mol. The van der Waals surface area contributed by atoms with E-state index in [1.807, 2.05) is 0 Å². The fraction of sp³-hybridized carbons (Fsp3) is 0. The third-order valence-corrected chi connectivity index (χ3v) is 2.55. The van der Waals surface area contributed by atoms with E-state index >= 15 is 0 Å². The summed E-state index contributed by atoms with van der Waals surface area (Å²) >= 11 is 11.0. The summed E-state index contributed by atoms with van der Waals surface area (Å²) in [5.74, 6) is -3.31. The third kappa shape index (κ3) is 1.76. The van der Waals surface area contributed by atoms with E-state index in [0.717, 1.165) is 0 Å². The second-order valence-electron chi connectivity index (χ2n) is 2.86. The van der Waals surface area contributed by atoms with Crippen molar-refractivity contribution in [3.63, 3.8) is 0 Å². The van der Waals surface area contributed by atoms with E-state index in [1.54, 1.807) is 0 Å². The van der Waals surface area contributed by atoms with Crippen LogP contribution in [-0.4, -0.2) is 5.16 Å². The Labute approximate surface area is 97.6 Å². The summed E-state index contributed by atoms with van der Waals surface area (Å²) in [6, 6.07) is 1.02. The SMILES string of the molecule is Fc1cc(F)c(-c2noc(Cl)c2Cl)c(F)c1. The molecule has 0 aliphatic heterocycles. The Morgan fingerprint density at radius 1 is 1.06 bits per heavy atom. The van der Waals surface area contributed by atoms with Crippen molar-refractivity contribution < 1.29 is 17.7 Å². The lowest BCUT2D eigenvalue weighted by atomic mass is 10.1. The first-order valence-electron chi connectivity index (χ1n) is 3.96. The largest absolute Gasteiger partial charge is 0.342 e. The minimum absolute atomic E-state index is 0.230. The quantitative estimate of drug-likeness (QED) is 0.779. The zero-order valence-electron chi connectivity index (χ0n) is 7.40. The first-order valence-corrected chi connectivity index (χ1v) is 4.72. The molecule has 2 nitrogen and oxygen atoms in total. The molecule has 0 radical (unpaired) electrons. The molecule has 0 N–H and O–H groups in total. The summed E-state index contributed by atoms with van der Waals surface area (Å²) < 4.78 is 43.7. The van der Waals surface area contributed by atoms with Crippen molar-refractivity contribution in [1.82, 2.24) is 5.16 Å². The average molecular weight is 268 g/mol. The fourth-order valence-corrected chi connectivity index (χ4v) is 1.47. The van der Waals surface area contributed by atoms with Gasteiger partial charge in [0.05, 0.1) is 5.56 Å². The predicted octanol–water partition coefficient (Wildman–Crippen LogP) is 4.07. The molecule has 2 aromatic rings. The van der Waals surface area contributed by atoms with Crippen LogP contribution < -0.4 is 0 Å². The Balaban J connectivity index is 2.69. The standard InChI is InChI=1S/C9H2Cl2F3NO/c10-7-8(15-16-9(7)11)6-4(13)1-3(12)2-5(6)14/h1-2H. The number of rotatable bonds is 1. The van der Waals surface area contributed by atoms with E-state index in [9.17, 15) is 13.2 Å². The maximum atomic E-state index is 13.3. The molecular formula is C9H2Cl2F3NO. The van der Waals surface area contributed by atoms with E-state index in [2.05, 4.69) is 9.68 Å². The van der Waals surface area contributed by atoms with Gasteiger partial charge in [0.2, 0.25) is 5.22 Å². The van der Waals surface area contributed by atoms with E-state index in [-0.39, 0.29) is 15.9 Å². The zero-order chi connectivity index (χ0) is 11.9. The van der Waals surface area contributed by atoms with Crippen LogP contribution in [0.15, 0.2) is 16.7 Å². The third-order valence-electron chi connectivity index (χ3n) is 1.84. The van der Waals surface area contributed by atoms with Crippen LogP contribution in [0.25, 0.3) is 11.3 Å². The highest BCUT2D eigenvalue weighted by Crippen LogP contribution is 2.35. The Bertz CT molecular complexity index is 533. The predicted molar refractivity (Wildman–Crippen MR) is 51.8 cm³/mol. The second kappa shape index (κ2) is 3.99. The summed E-state index contributed by atoms with van der Waals surface area (Å²) in [4.78, 5) is 0. The number of hydrogen-bond acceptors (Lipinski definition) is 2. The van der Waals surface area contributed by atoms with Gasteiger partial charge < -0.3 is 4.52 Å². The van der Waals surface area contributed by atoms with E-state index < -0.39 is 23.0 Å². The normalized spacial score (nSPS) is 10.8. The lowest BCUT2D eigenvalue weighted by Gasteiger charge is -2.01. The van der Waals surface area contributed by atoms with Crippen molar-refractivity contribution in [2.24, 2.45) is 0 Å². The average Bonchev–Trinajstić information content (AvgIpc) is 2.48. The van der Waals surface area contributed by atoms with Crippen molar-refractivity contribution in [1.29, 1.82) is 0 Å². The van der Waals surface area contributed by atoms with Crippen LogP contribution in [0.2, 0.25) is 10.2 Å². The minimum Gasteiger partial charge on any atom is -0.342 e. The Kier molecular flexibility index (Phi) is 2.82. The van der Waals surface area contributed by atoms with Crippen LogP contribution in [0.1, 0.15) is 0 Å². The number of hydrogen-bond donors (Lipinski definition) is 0. The number of aromatic nitrogens is 1. The van der Waals surface area contributed by atoms with Crippen LogP contribution in [0.5, 0.6) is 0 Å². The fourth-order valence-electron chi connectivity index (χ4n) is 1.18. The molecule has 0 amide bonds. The summed E-state index contributed by atoms with van der Waals surface area (Å²) in [5, 5.41) is 2.77. The molecule has 2 rings (SSSR count). The minimum atomic E-state index is -1.13. The Morgan fingerprint density at radius 2 is 1.62 bits per heavy atom. The van der Waals surface area contributed by atoms with Gasteiger partial charge in [-0.05, 0) is 11.6 Å². The van der Waals surface area contributed by atoms with Gasteiger partial charge >= 0.3 is 0 Å². The van der Waals surface area contributed by atoms with Crippen LogP contribution >= 0.6 is 23.2 Å². The molecule has 0 aliphatic rings. The van der Waals surface area contributed by atoms with Gasteiger partial charge in [-0.2, -0.15) is 0 Å². The molecule has 84 valence electrons. The lowest BCUT2D eigenvalue weighted by Crippen LogP contribution is -1.92. The highest BCUT2D eigenvalue weighted by atomic mass is 35.5. The number of benzene rings is 1. The summed E-state index contributed by atoms with van der Waals surface area (Å²) in [5.41, 5.74) is -0.885. The first kappa shape index (κ1) is 11.3. The van der Waals surface area contributed by atoms with Crippen molar-refractivity contribution >= 4 is 23.2 Å². The molecule has 0 bridgehead atoms. The highest BCUT2D eigenvalue weighted by Gasteiger charge is 2.22. The number of nitrogens with zero attached hydrogens (tertiary/aromatic N) is 1. The van der Waals surface area contributed by atoms with E-state index in [4.69, 9.17) is 23.2 Å². The molecular weight excluding hydrogens is 266 g/mol. The molecule has 7 heteroatoms. The van der Waals surface area contributed by atoms with Crippen LogP contribution in [-0.2, 0) is 0 Å². The van der Waals surface area contributed by atoms with Gasteiger partial charge in [0.1, 0.15) is 28.2 Å². The summed E-state index contributed by atoms with van der Waals surface area (Å²) in [7, 11) is 0. The molecule has 0 unspecified atom stereocenters. The maximum absolute atomic E-state index is 13.3. The van der Waals surface area contributed by atoms with Gasteiger partial charge in [-0.1, -0.05) is 16.8 Å². The molecule has 0 saturated carbocycles. The molecule has 0 spiro atoms. The molecule has 0 saturated heterocycles. The van der Waals surface area contributed by atoms with Crippen LogP contribution in [0.4, 0.5) is 13.2 Å². The number of halogens is 5. The van der Waals surface area contributed by atoms with Crippen molar-refractivity contribution in [2.45, 2.75) is 0 Å². The van der Waals surface area contributed by atoms with E-state index in [1.165, 1.54) is 0 Å². The van der Waals surface area contributed by atoms with Crippen molar-refractivity contribution in [3.05, 3.63) is 39.8 Å². The molecule has 1 aromatic heterocycles. The van der Waals surface area contributed by atoms with Crippen molar-refractivity contribution in [2.75, 3.05) is 0 Å². The van der Waals surface area contributed by atoms with Gasteiger partial charge in [-0.3, -0.25) is 0 Å². The van der Waals surface area contributed by atoms with E-state index in [0.29, 0.717) is 12.1 Å². The van der Waals surface area contributed by atoms with Gasteiger partial charge in [-0.15, -0.1) is 0 Å². The first-order chi connectivity index (χ1) is 7.50. The van der Waals surface area contributed by atoms with Gasteiger partial charge in [0, 0.05) is 12.1 Å². The molecule has 0 aliphatic carbocycles. The second-order valence-corrected chi connectivity index (χ2v) is 3.58. The molecule has 1 aromatic carbocycles. The van der Waals surface area contributed by atoms with Gasteiger partial charge in [0.15, 0.2) is 0 Å².